The summed E-state index contributed by atoms with van der Waals surface area (Å²) in [7, 11) is 0. The van der Waals surface area contributed by atoms with E-state index < -0.39 is 0 Å². The van der Waals surface area contributed by atoms with Crippen molar-refractivity contribution in [3.63, 3.8) is 0 Å². The molecule has 1 aliphatic heterocycles. The SMILES string of the molecule is CCC(=O)N[C@@H]1CCCN(c2nnc(Cc3ccccc3)s2)C1. The molecule has 0 radical (unpaired) electrons. The molecule has 5 nitrogen and oxygen atoms in total. The maximum Gasteiger partial charge on any atom is 0.219 e. The highest BCUT2D eigenvalue weighted by Gasteiger charge is 2.23. The predicted molar refractivity (Wildman–Crippen MR) is 92.8 cm³/mol. The minimum absolute atomic E-state index is 0.124. The lowest BCUT2D eigenvalue weighted by atomic mass is 10.1. The molecule has 0 aliphatic carbocycles. The lowest BCUT2D eigenvalue weighted by molar-refractivity contribution is -0.121. The third-order valence-electron chi connectivity index (χ3n) is 4.03. The first-order chi connectivity index (χ1) is 11.2. The highest BCUT2D eigenvalue weighted by atomic mass is 32.1. The van der Waals surface area contributed by atoms with E-state index >= 15 is 0 Å². The van der Waals surface area contributed by atoms with Crippen molar-refractivity contribution in [1.29, 1.82) is 0 Å². The number of nitrogens with one attached hydrogen (secondary N) is 1. The van der Waals surface area contributed by atoms with Crippen LogP contribution in [0.5, 0.6) is 0 Å². The van der Waals surface area contributed by atoms with Gasteiger partial charge in [0.2, 0.25) is 11.0 Å². The van der Waals surface area contributed by atoms with Crippen LogP contribution in [-0.4, -0.2) is 35.2 Å². The van der Waals surface area contributed by atoms with Gasteiger partial charge in [-0.1, -0.05) is 48.6 Å². The van der Waals surface area contributed by atoms with Crippen LogP contribution in [0, 0.1) is 0 Å². The molecule has 0 spiro atoms. The van der Waals surface area contributed by atoms with Crippen LogP contribution >= 0.6 is 11.3 Å². The fourth-order valence-electron chi connectivity index (χ4n) is 2.81. The van der Waals surface area contributed by atoms with E-state index in [9.17, 15) is 4.79 Å². The molecule has 1 amide bonds. The molecule has 6 heteroatoms. The molecule has 1 atom stereocenters. The Bertz CT molecular complexity index is 643. The average Bonchev–Trinajstić information content (AvgIpc) is 3.04. The number of carbonyl (C=O) groups is 1. The molecule has 0 saturated carbocycles. The number of hydrogen-bond acceptors (Lipinski definition) is 5. The van der Waals surface area contributed by atoms with Gasteiger partial charge in [-0.25, -0.2) is 0 Å². The zero-order valence-electron chi connectivity index (χ0n) is 13.4. The molecule has 2 heterocycles. The van der Waals surface area contributed by atoms with Gasteiger partial charge < -0.3 is 10.2 Å². The van der Waals surface area contributed by atoms with Crippen LogP contribution in [0.15, 0.2) is 30.3 Å². The van der Waals surface area contributed by atoms with Crippen LogP contribution in [0.1, 0.15) is 36.8 Å². The van der Waals surface area contributed by atoms with Gasteiger partial charge in [0.05, 0.1) is 0 Å². The molecule has 1 N–H and O–H groups in total. The van der Waals surface area contributed by atoms with Crippen LogP contribution in [0.4, 0.5) is 5.13 Å². The fraction of sp³-hybridized carbons (Fsp3) is 0.471. The lowest BCUT2D eigenvalue weighted by Crippen LogP contribution is -2.47. The van der Waals surface area contributed by atoms with E-state index in [1.807, 2.05) is 25.1 Å². The summed E-state index contributed by atoms with van der Waals surface area (Å²) in [5, 5.41) is 13.8. The van der Waals surface area contributed by atoms with Gasteiger partial charge in [-0.15, -0.1) is 10.2 Å². The zero-order valence-corrected chi connectivity index (χ0v) is 14.2. The van der Waals surface area contributed by atoms with E-state index in [4.69, 9.17) is 0 Å². The summed E-state index contributed by atoms with van der Waals surface area (Å²) in [4.78, 5) is 13.8. The summed E-state index contributed by atoms with van der Waals surface area (Å²) in [5.74, 6) is 0.124. The molecule has 2 aromatic rings. The highest BCUT2D eigenvalue weighted by molar-refractivity contribution is 7.15. The van der Waals surface area contributed by atoms with Gasteiger partial charge in [0.1, 0.15) is 5.01 Å². The standard InChI is InChI=1S/C17H22N4OS/c1-2-15(22)18-14-9-6-10-21(12-14)17-20-19-16(23-17)11-13-7-4-3-5-8-13/h3-5,7-8,14H,2,6,9-12H2,1H3,(H,18,22)/t14-/m1/s1. The second-order valence-electron chi connectivity index (χ2n) is 5.85. The molecule has 1 aliphatic rings. The number of nitrogens with zero attached hydrogens (tertiary/aromatic N) is 3. The van der Waals surface area contributed by atoms with Crippen molar-refractivity contribution in [2.75, 3.05) is 18.0 Å². The number of benzene rings is 1. The molecule has 0 unspecified atom stereocenters. The Labute approximate surface area is 140 Å². The van der Waals surface area contributed by atoms with Crippen molar-refractivity contribution in [2.45, 2.75) is 38.6 Å². The van der Waals surface area contributed by atoms with Crippen LogP contribution in [-0.2, 0) is 11.2 Å². The van der Waals surface area contributed by atoms with Gasteiger partial charge in [0.25, 0.3) is 0 Å². The monoisotopic (exact) mass is 330 g/mol. The third-order valence-corrected chi connectivity index (χ3v) is 5.02. The van der Waals surface area contributed by atoms with Crippen molar-refractivity contribution in [2.24, 2.45) is 0 Å². The summed E-state index contributed by atoms with van der Waals surface area (Å²) in [5.41, 5.74) is 1.25. The Kier molecular flexibility index (Phi) is 5.23. The molecular formula is C17H22N4OS. The fourth-order valence-corrected chi connectivity index (χ4v) is 3.72. The lowest BCUT2D eigenvalue weighted by Gasteiger charge is -2.32. The molecule has 1 saturated heterocycles. The van der Waals surface area contributed by atoms with Gasteiger partial charge in [-0.3, -0.25) is 4.79 Å². The van der Waals surface area contributed by atoms with Crippen molar-refractivity contribution in [1.82, 2.24) is 15.5 Å². The number of anilines is 1. The Hall–Kier alpha value is -1.95. The summed E-state index contributed by atoms with van der Waals surface area (Å²) in [6, 6.07) is 10.5. The molecule has 1 fully saturated rings. The second kappa shape index (κ2) is 7.55. The molecule has 0 bridgehead atoms. The Morgan fingerprint density at radius 1 is 1.35 bits per heavy atom. The third kappa shape index (κ3) is 4.28. The van der Waals surface area contributed by atoms with E-state index in [0.717, 1.165) is 42.5 Å². The number of rotatable bonds is 5. The van der Waals surface area contributed by atoms with Crippen molar-refractivity contribution in [3.05, 3.63) is 40.9 Å². The van der Waals surface area contributed by atoms with Gasteiger partial charge >= 0.3 is 0 Å². The van der Waals surface area contributed by atoms with E-state index in [1.54, 1.807) is 11.3 Å². The van der Waals surface area contributed by atoms with Crippen molar-refractivity contribution in [3.8, 4) is 0 Å². The number of amides is 1. The first-order valence-electron chi connectivity index (χ1n) is 8.15. The summed E-state index contributed by atoms with van der Waals surface area (Å²) in [6.07, 6.45) is 3.47. The first-order valence-corrected chi connectivity index (χ1v) is 8.97. The number of carbonyl (C=O) groups excluding carboxylic acids is 1. The second-order valence-corrected chi connectivity index (χ2v) is 6.89. The predicted octanol–water partition coefficient (Wildman–Crippen LogP) is 2.62. The maximum atomic E-state index is 11.6. The molecule has 3 rings (SSSR count). The molecule has 1 aromatic carbocycles. The number of hydrogen-bond donors (Lipinski definition) is 1. The Morgan fingerprint density at radius 3 is 2.96 bits per heavy atom. The van der Waals surface area contributed by atoms with Gasteiger partial charge in [0.15, 0.2) is 0 Å². The van der Waals surface area contributed by atoms with Crippen molar-refractivity contribution < 1.29 is 4.79 Å². The maximum absolute atomic E-state index is 11.6. The van der Waals surface area contributed by atoms with Crippen LogP contribution in [0.25, 0.3) is 0 Å². The Balaban J connectivity index is 1.62. The number of piperidine rings is 1. The van der Waals surface area contributed by atoms with E-state index in [0.29, 0.717) is 6.42 Å². The summed E-state index contributed by atoms with van der Waals surface area (Å²) < 4.78 is 0. The van der Waals surface area contributed by atoms with Gasteiger partial charge in [-0.2, -0.15) is 0 Å². The molecule has 1 aromatic heterocycles. The first kappa shape index (κ1) is 15.9. The van der Waals surface area contributed by atoms with Gasteiger partial charge in [0, 0.05) is 32.0 Å². The van der Waals surface area contributed by atoms with Crippen LogP contribution in [0.3, 0.4) is 0 Å². The van der Waals surface area contributed by atoms with Crippen LogP contribution < -0.4 is 10.2 Å². The van der Waals surface area contributed by atoms with E-state index in [1.165, 1.54) is 5.56 Å². The van der Waals surface area contributed by atoms with E-state index in [-0.39, 0.29) is 11.9 Å². The Morgan fingerprint density at radius 2 is 2.17 bits per heavy atom. The summed E-state index contributed by atoms with van der Waals surface area (Å²) >= 11 is 1.65. The minimum Gasteiger partial charge on any atom is -0.352 e. The smallest absolute Gasteiger partial charge is 0.219 e. The normalized spacial score (nSPS) is 18.0. The number of aromatic nitrogens is 2. The van der Waals surface area contributed by atoms with Crippen molar-refractivity contribution >= 4 is 22.4 Å². The van der Waals surface area contributed by atoms with E-state index in [2.05, 4.69) is 32.5 Å². The quantitative estimate of drug-likeness (QED) is 0.915. The largest absolute Gasteiger partial charge is 0.352 e. The minimum atomic E-state index is 0.124. The highest BCUT2D eigenvalue weighted by Crippen LogP contribution is 2.25. The van der Waals surface area contributed by atoms with Crippen LogP contribution in [0.2, 0.25) is 0 Å². The molecular weight excluding hydrogens is 308 g/mol. The molecule has 23 heavy (non-hydrogen) atoms. The zero-order chi connectivity index (χ0) is 16.1. The topological polar surface area (TPSA) is 58.1 Å². The van der Waals surface area contributed by atoms with Gasteiger partial charge in [-0.05, 0) is 18.4 Å². The molecule has 122 valence electrons. The average molecular weight is 330 g/mol. The summed E-state index contributed by atoms with van der Waals surface area (Å²) in [6.45, 7) is 3.70.